The Bertz CT molecular complexity index is 391. The van der Waals surface area contributed by atoms with Crippen LogP contribution in [0.15, 0.2) is 12.2 Å². The monoisotopic (exact) mass is 338 g/mol. The summed E-state index contributed by atoms with van der Waals surface area (Å²) in [6, 6.07) is 0. The first-order chi connectivity index (χ1) is 10.7. The van der Waals surface area contributed by atoms with Gasteiger partial charge in [-0.25, -0.2) is 0 Å². The molecule has 0 aromatic carbocycles. The number of carbonyl (C=O) groups is 2. The van der Waals surface area contributed by atoms with E-state index in [0.29, 0.717) is 0 Å². The number of halogens is 3. The molecule has 0 bridgehead atoms. The summed E-state index contributed by atoms with van der Waals surface area (Å²) >= 11 is 0. The Morgan fingerprint density at radius 3 is 2.13 bits per heavy atom. The van der Waals surface area contributed by atoms with Crippen molar-refractivity contribution >= 4 is 11.9 Å². The molecule has 0 N–H and O–H groups in total. The van der Waals surface area contributed by atoms with E-state index in [9.17, 15) is 22.8 Å². The van der Waals surface area contributed by atoms with Crippen LogP contribution < -0.4 is 0 Å². The van der Waals surface area contributed by atoms with Gasteiger partial charge in [0.15, 0.2) is 6.10 Å². The van der Waals surface area contributed by atoms with Crippen LogP contribution in [0.1, 0.15) is 59.3 Å². The van der Waals surface area contributed by atoms with Crippen molar-refractivity contribution < 1.29 is 32.2 Å². The molecule has 0 aliphatic carbocycles. The average molecular weight is 338 g/mol. The highest BCUT2D eigenvalue weighted by molar-refractivity contribution is 5.72. The van der Waals surface area contributed by atoms with Crippen LogP contribution in [0.25, 0.3) is 0 Å². The summed E-state index contributed by atoms with van der Waals surface area (Å²) in [7, 11) is 0. The lowest BCUT2D eigenvalue weighted by Gasteiger charge is -2.16. The summed E-state index contributed by atoms with van der Waals surface area (Å²) in [5.74, 6) is -1.47. The van der Waals surface area contributed by atoms with Crippen LogP contribution in [0.2, 0.25) is 0 Å². The van der Waals surface area contributed by atoms with Crippen LogP contribution in [-0.2, 0) is 19.1 Å². The highest BCUT2D eigenvalue weighted by Gasteiger charge is 2.38. The lowest BCUT2D eigenvalue weighted by Crippen LogP contribution is -2.30. The van der Waals surface area contributed by atoms with Gasteiger partial charge >= 0.3 is 18.1 Å². The molecule has 0 aromatic heterocycles. The van der Waals surface area contributed by atoms with Crippen LogP contribution in [0.3, 0.4) is 0 Å². The van der Waals surface area contributed by atoms with Crippen molar-refractivity contribution in [3.05, 3.63) is 12.2 Å². The molecule has 0 rings (SSSR count). The molecule has 23 heavy (non-hydrogen) atoms. The summed E-state index contributed by atoms with van der Waals surface area (Å²) in [5.41, 5.74) is 0. The van der Waals surface area contributed by atoms with E-state index in [2.05, 4.69) is 11.7 Å². The molecule has 4 nitrogen and oxygen atoms in total. The van der Waals surface area contributed by atoms with E-state index < -0.39 is 24.2 Å². The fraction of sp³-hybridized carbons (Fsp3) is 0.750. The average Bonchev–Trinajstić information content (AvgIpc) is 2.42. The normalized spacial score (nSPS) is 14.5. The number of carbonyl (C=O) groups excluding carboxylic acids is 2. The van der Waals surface area contributed by atoms with Gasteiger partial charge in [0.05, 0.1) is 0 Å². The Balaban J connectivity index is 3.89. The summed E-state index contributed by atoms with van der Waals surface area (Å²) in [4.78, 5) is 22.7. The first-order valence-corrected chi connectivity index (χ1v) is 7.79. The number of unbranched alkanes of at least 4 members (excludes halogenated alkanes) is 2. The molecule has 0 aliphatic heterocycles. The van der Waals surface area contributed by atoms with Crippen molar-refractivity contribution in [1.82, 2.24) is 0 Å². The van der Waals surface area contributed by atoms with Gasteiger partial charge in [-0.3, -0.25) is 9.59 Å². The quantitative estimate of drug-likeness (QED) is 0.338. The molecule has 134 valence electrons. The lowest BCUT2D eigenvalue weighted by atomic mass is 10.2. The third kappa shape index (κ3) is 11.7. The van der Waals surface area contributed by atoms with E-state index in [0.717, 1.165) is 26.2 Å². The lowest BCUT2D eigenvalue weighted by molar-refractivity contribution is -0.216. The zero-order chi connectivity index (χ0) is 17.9. The SMILES string of the molecule is CCCC/C=C/C(C)OC(=O)CCCC(=O)OC(C)C(F)(F)F. The van der Waals surface area contributed by atoms with Crippen LogP contribution in [-0.4, -0.2) is 30.3 Å². The number of rotatable bonds is 10. The first kappa shape index (κ1) is 21.5. The molecule has 0 amide bonds. The predicted molar refractivity (Wildman–Crippen MR) is 79.7 cm³/mol. The zero-order valence-electron chi connectivity index (χ0n) is 13.8. The second-order valence-electron chi connectivity index (χ2n) is 5.29. The smallest absolute Gasteiger partial charge is 0.425 e. The van der Waals surface area contributed by atoms with Crippen molar-refractivity contribution in [3.8, 4) is 0 Å². The van der Waals surface area contributed by atoms with Gasteiger partial charge in [0.1, 0.15) is 6.10 Å². The van der Waals surface area contributed by atoms with Crippen molar-refractivity contribution in [2.75, 3.05) is 0 Å². The maximum absolute atomic E-state index is 12.2. The first-order valence-electron chi connectivity index (χ1n) is 7.79. The van der Waals surface area contributed by atoms with Gasteiger partial charge in [-0.15, -0.1) is 0 Å². The van der Waals surface area contributed by atoms with E-state index in [4.69, 9.17) is 4.74 Å². The molecule has 0 fully saturated rings. The van der Waals surface area contributed by atoms with Crippen LogP contribution in [0.5, 0.6) is 0 Å². The molecule has 0 radical (unpaired) electrons. The number of allylic oxidation sites excluding steroid dienone is 1. The van der Waals surface area contributed by atoms with Crippen molar-refractivity contribution in [2.45, 2.75) is 77.7 Å². The standard InChI is InChI=1S/C16H25F3O4/c1-4-5-6-7-9-12(2)22-14(20)10-8-11-15(21)23-13(3)16(17,18)19/h7,9,12-13H,4-6,8,10-11H2,1-3H3/b9-7+. The summed E-state index contributed by atoms with van der Waals surface area (Å²) in [6.07, 6.45) is -0.489. The zero-order valence-corrected chi connectivity index (χ0v) is 13.8. The molecule has 0 spiro atoms. The fourth-order valence-corrected chi connectivity index (χ4v) is 1.62. The van der Waals surface area contributed by atoms with Crippen molar-refractivity contribution in [3.63, 3.8) is 0 Å². The number of esters is 2. The van der Waals surface area contributed by atoms with Crippen molar-refractivity contribution in [2.24, 2.45) is 0 Å². The highest BCUT2D eigenvalue weighted by Crippen LogP contribution is 2.22. The maximum Gasteiger partial charge on any atom is 0.425 e. The largest absolute Gasteiger partial charge is 0.458 e. The molecule has 0 saturated heterocycles. The Morgan fingerprint density at radius 1 is 1.04 bits per heavy atom. The van der Waals surface area contributed by atoms with Gasteiger partial charge in [-0.2, -0.15) is 13.2 Å². The van der Waals surface area contributed by atoms with E-state index in [1.807, 2.05) is 6.08 Å². The van der Waals surface area contributed by atoms with Gasteiger partial charge in [0.25, 0.3) is 0 Å². The minimum atomic E-state index is -4.58. The topological polar surface area (TPSA) is 52.6 Å². The van der Waals surface area contributed by atoms with E-state index in [1.54, 1.807) is 13.0 Å². The molecule has 2 unspecified atom stereocenters. The molecule has 7 heteroatoms. The van der Waals surface area contributed by atoms with E-state index in [1.165, 1.54) is 0 Å². The molecule has 2 atom stereocenters. The number of ether oxygens (including phenoxy) is 2. The van der Waals surface area contributed by atoms with Gasteiger partial charge in [0, 0.05) is 12.8 Å². The van der Waals surface area contributed by atoms with Gasteiger partial charge in [0.2, 0.25) is 0 Å². The summed E-state index contributed by atoms with van der Waals surface area (Å²) < 4.78 is 45.9. The molecule has 0 aliphatic rings. The molecule has 0 heterocycles. The predicted octanol–water partition coefficient (Wildman–Crippen LogP) is 4.33. The Morgan fingerprint density at radius 2 is 1.61 bits per heavy atom. The second kappa shape index (κ2) is 11.1. The Kier molecular flexibility index (Phi) is 10.3. The molecular weight excluding hydrogens is 313 g/mol. The van der Waals surface area contributed by atoms with E-state index in [-0.39, 0.29) is 25.4 Å². The van der Waals surface area contributed by atoms with Crippen LogP contribution >= 0.6 is 0 Å². The maximum atomic E-state index is 12.2. The van der Waals surface area contributed by atoms with E-state index >= 15 is 0 Å². The van der Waals surface area contributed by atoms with Crippen molar-refractivity contribution in [1.29, 1.82) is 0 Å². The molecule has 0 aromatic rings. The van der Waals surface area contributed by atoms with Crippen LogP contribution in [0.4, 0.5) is 13.2 Å². The molecule has 0 saturated carbocycles. The minimum Gasteiger partial charge on any atom is -0.458 e. The second-order valence-corrected chi connectivity index (χ2v) is 5.29. The van der Waals surface area contributed by atoms with Gasteiger partial charge < -0.3 is 9.47 Å². The number of hydrogen-bond acceptors (Lipinski definition) is 4. The van der Waals surface area contributed by atoms with Crippen LogP contribution in [0, 0.1) is 0 Å². The third-order valence-corrected chi connectivity index (χ3v) is 2.98. The number of alkyl halides is 3. The fourth-order valence-electron chi connectivity index (χ4n) is 1.62. The van der Waals surface area contributed by atoms with Gasteiger partial charge in [-0.05, 0) is 32.8 Å². The highest BCUT2D eigenvalue weighted by atomic mass is 19.4. The molecular formula is C16H25F3O4. The Hall–Kier alpha value is -1.53. The summed E-state index contributed by atoms with van der Waals surface area (Å²) in [6.45, 7) is 4.57. The Labute approximate surface area is 135 Å². The minimum absolute atomic E-state index is 0.0390. The third-order valence-electron chi connectivity index (χ3n) is 2.98. The summed E-state index contributed by atoms with van der Waals surface area (Å²) in [5, 5.41) is 0. The number of hydrogen-bond donors (Lipinski definition) is 0. The van der Waals surface area contributed by atoms with Gasteiger partial charge in [-0.1, -0.05) is 25.8 Å².